The smallest absolute Gasteiger partial charge is 0.0591 e. The Labute approximate surface area is 50.2 Å². The van der Waals surface area contributed by atoms with Gasteiger partial charge in [0.05, 0.1) is 13.2 Å². The highest BCUT2D eigenvalue weighted by atomic mass is 16.5. The van der Waals surface area contributed by atoms with Gasteiger partial charge in [-0.3, -0.25) is 0 Å². The van der Waals surface area contributed by atoms with E-state index in [0.29, 0.717) is 5.92 Å². The van der Waals surface area contributed by atoms with Crippen molar-refractivity contribution in [2.45, 2.75) is 6.92 Å². The van der Waals surface area contributed by atoms with Gasteiger partial charge in [-0.2, -0.15) is 0 Å². The van der Waals surface area contributed by atoms with E-state index in [2.05, 4.69) is 12.2 Å². The molecule has 0 unspecified atom stereocenters. The van der Waals surface area contributed by atoms with Crippen molar-refractivity contribution < 1.29 is 4.74 Å². The molecule has 0 spiro atoms. The van der Waals surface area contributed by atoms with Crippen molar-refractivity contribution in [1.29, 1.82) is 0 Å². The van der Waals surface area contributed by atoms with E-state index in [1.807, 2.05) is 0 Å². The first-order valence-corrected chi connectivity index (χ1v) is 3.18. The van der Waals surface area contributed by atoms with Gasteiger partial charge in [-0.25, -0.2) is 0 Å². The first-order chi connectivity index (χ1) is 3.89. The first kappa shape index (κ1) is 6.05. The molecule has 1 N–H and O–H groups in total. The lowest BCUT2D eigenvalue weighted by Gasteiger charge is -2.03. The van der Waals surface area contributed by atoms with E-state index < -0.39 is 0 Å². The van der Waals surface area contributed by atoms with Crippen LogP contribution in [-0.4, -0.2) is 26.3 Å². The normalized spacial score (nSPS) is 31.9. The molecule has 1 heterocycles. The average molecular weight is 115 g/mol. The summed E-state index contributed by atoms with van der Waals surface area (Å²) in [7, 11) is 0. The maximum Gasteiger partial charge on any atom is 0.0591 e. The molecule has 1 aliphatic rings. The van der Waals surface area contributed by atoms with E-state index in [1.165, 1.54) is 0 Å². The predicted molar refractivity (Wildman–Crippen MR) is 32.9 cm³/mol. The molecule has 2 heteroatoms. The largest absolute Gasteiger partial charge is 0.380 e. The van der Waals surface area contributed by atoms with Crippen LogP contribution in [0.15, 0.2) is 0 Å². The Bertz CT molecular complexity index is 57.5. The van der Waals surface area contributed by atoms with Gasteiger partial charge in [0.1, 0.15) is 0 Å². The zero-order valence-corrected chi connectivity index (χ0v) is 5.31. The van der Waals surface area contributed by atoms with Gasteiger partial charge in [0.2, 0.25) is 0 Å². The molecule has 0 bridgehead atoms. The summed E-state index contributed by atoms with van der Waals surface area (Å²) in [5.74, 6) is 0.692. The summed E-state index contributed by atoms with van der Waals surface area (Å²) in [6, 6.07) is 0. The minimum atomic E-state index is 0.692. The van der Waals surface area contributed by atoms with Crippen LogP contribution >= 0.6 is 0 Å². The number of nitrogens with one attached hydrogen (secondary N) is 1. The lowest BCUT2D eigenvalue weighted by molar-refractivity contribution is 0.128. The Kier molecular flexibility index (Phi) is 2.30. The molecule has 0 aromatic heterocycles. The summed E-state index contributed by atoms with van der Waals surface area (Å²) in [6.07, 6.45) is 0. The second-order valence-corrected chi connectivity index (χ2v) is 2.38. The summed E-state index contributed by atoms with van der Waals surface area (Å²) in [5.41, 5.74) is 0. The SMILES string of the molecule is C[C@@H]1CNCCOC1. The number of hydrogen-bond donors (Lipinski definition) is 1. The average Bonchev–Trinajstić information content (AvgIpc) is 1.94. The van der Waals surface area contributed by atoms with E-state index >= 15 is 0 Å². The Morgan fingerprint density at radius 2 is 2.50 bits per heavy atom. The highest BCUT2D eigenvalue weighted by Crippen LogP contribution is 1.95. The molecule has 1 aliphatic heterocycles. The molecule has 0 aliphatic carbocycles. The number of ether oxygens (including phenoxy) is 1. The van der Waals surface area contributed by atoms with Crippen molar-refractivity contribution in [1.82, 2.24) is 5.32 Å². The van der Waals surface area contributed by atoms with Crippen LogP contribution in [0, 0.1) is 5.92 Å². The molecular formula is C6H13NO. The van der Waals surface area contributed by atoms with E-state index in [-0.39, 0.29) is 0 Å². The monoisotopic (exact) mass is 115 g/mol. The van der Waals surface area contributed by atoms with E-state index in [0.717, 1.165) is 26.3 Å². The van der Waals surface area contributed by atoms with Crippen LogP contribution in [0.25, 0.3) is 0 Å². The molecule has 0 radical (unpaired) electrons. The molecule has 0 aromatic carbocycles. The summed E-state index contributed by atoms with van der Waals surface area (Å²) in [5, 5.41) is 3.27. The maximum absolute atomic E-state index is 5.24. The van der Waals surface area contributed by atoms with Crippen molar-refractivity contribution in [2.24, 2.45) is 5.92 Å². The zero-order valence-electron chi connectivity index (χ0n) is 5.31. The Morgan fingerprint density at radius 1 is 1.62 bits per heavy atom. The molecule has 48 valence electrons. The summed E-state index contributed by atoms with van der Waals surface area (Å²) >= 11 is 0. The number of hydrogen-bond acceptors (Lipinski definition) is 2. The molecule has 0 amide bonds. The maximum atomic E-state index is 5.24. The molecule has 1 fully saturated rings. The van der Waals surface area contributed by atoms with Gasteiger partial charge in [0.25, 0.3) is 0 Å². The summed E-state index contributed by atoms with van der Waals surface area (Å²) < 4.78 is 5.24. The van der Waals surface area contributed by atoms with Crippen molar-refractivity contribution in [3.05, 3.63) is 0 Å². The second-order valence-electron chi connectivity index (χ2n) is 2.38. The summed E-state index contributed by atoms with van der Waals surface area (Å²) in [6.45, 7) is 6.12. The highest BCUT2D eigenvalue weighted by Gasteiger charge is 2.04. The van der Waals surface area contributed by atoms with Crippen molar-refractivity contribution in [2.75, 3.05) is 26.3 Å². The predicted octanol–water partition coefficient (Wildman–Crippen LogP) is 0.242. The van der Waals surface area contributed by atoms with Crippen LogP contribution in [0.3, 0.4) is 0 Å². The quantitative estimate of drug-likeness (QED) is 0.488. The lowest BCUT2D eigenvalue weighted by atomic mass is 10.2. The topological polar surface area (TPSA) is 21.3 Å². The number of rotatable bonds is 0. The van der Waals surface area contributed by atoms with Gasteiger partial charge >= 0.3 is 0 Å². The van der Waals surface area contributed by atoms with Gasteiger partial charge in [-0.1, -0.05) is 6.92 Å². The fraction of sp³-hybridized carbons (Fsp3) is 1.00. The highest BCUT2D eigenvalue weighted by molar-refractivity contribution is 4.58. The minimum absolute atomic E-state index is 0.692. The van der Waals surface area contributed by atoms with Crippen molar-refractivity contribution in [3.63, 3.8) is 0 Å². The molecule has 8 heavy (non-hydrogen) atoms. The minimum Gasteiger partial charge on any atom is -0.380 e. The standard InChI is InChI=1S/C6H13NO/c1-6-4-7-2-3-8-5-6/h6-7H,2-5H2,1H3/t6-/m1/s1. The molecule has 0 aromatic rings. The lowest BCUT2D eigenvalue weighted by Crippen LogP contribution is -2.20. The van der Waals surface area contributed by atoms with Crippen LogP contribution < -0.4 is 5.32 Å². The van der Waals surface area contributed by atoms with Gasteiger partial charge in [-0.15, -0.1) is 0 Å². The fourth-order valence-electron chi connectivity index (χ4n) is 0.836. The Morgan fingerprint density at radius 3 is 3.38 bits per heavy atom. The Hall–Kier alpha value is -0.0800. The van der Waals surface area contributed by atoms with Gasteiger partial charge in [0.15, 0.2) is 0 Å². The Balaban J connectivity index is 2.17. The van der Waals surface area contributed by atoms with Crippen LogP contribution in [0.2, 0.25) is 0 Å². The molecule has 0 saturated carbocycles. The molecule has 1 saturated heterocycles. The van der Waals surface area contributed by atoms with Crippen LogP contribution in [0.4, 0.5) is 0 Å². The third-order valence-electron chi connectivity index (χ3n) is 1.32. The molecule has 1 rings (SSSR count). The van der Waals surface area contributed by atoms with Crippen molar-refractivity contribution in [3.8, 4) is 0 Å². The van der Waals surface area contributed by atoms with Gasteiger partial charge in [-0.05, 0) is 12.5 Å². The van der Waals surface area contributed by atoms with E-state index in [1.54, 1.807) is 0 Å². The summed E-state index contributed by atoms with van der Waals surface area (Å²) in [4.78, 5) is 0. The van der Waals surface area contributed by atoms with Crippen LogP contribution in [0.1, 0.15) is 6.92 Å². The van der Waals surface area contributed by atoms with E-state index in [4.69, 9.17) is 4.74 Å². The molecule has 1 atom stereocenters. The van der Waals surface area contributed by atoms with Gasteiger partial charge in [0, 0.05) is 6.54 Å². The molecule has 2 nitrogen and oxygen atoms in total. The third kappa shape index (κ3) is 1.80. The third-order valence-corrected chi connectivity index (χ3v) is 1.32. The second kappa shape index (κ2) is 3.05. The zero-order chi connectivity index (χ0) is 5.82. The van der Waals surface area contributed by atoms with Crippen LogP contribution in [-0.2, 0) is 4.74 Å². The molecular weight excluding hydrogens is 102 g/mol. The fourth-order valence-corrected chi connectivity index (χ4v) is 0.836. The van der Waals surface area contributed by atoms with Crippen molar-refractivity contribution >= 4 is 0 Å². The van der Waals surface area contributed by atoms with E-state index in [9.17, 15) is 0 Å². The van der Waals surface area contributed by atoms with Crippen LogP contribution in [0.5, 0.6) is 0 Å². The first-order valence-electron chi connectivity index (χ1n) is 3.18. The van der Waals surface area contributed by atoms with Gasteiger partial charge < -0.3 is 10.1 Å².